The van der Waals surface area contributed by atoms with Crippen molar-refractivity contribution in [2.75, 3.05) is 13.2 Å². The van der Waals surface area contributed by atoms with Crippen molar-refractivity contribution in [1.29, 1.82) is 0 Å². The Labute approximate surface area is 71.8 Å². The van der Waals surface area contributed by atoms with E-state index < -0.39 is 0 Å². The van der Waals surface area contributed by atoms with E-state index in [0.29, 0.717) is 5.92 Å². The lowest BCUT2D eigenvalue weighted by atomic mass is 9.99. The normalized spacial score (nSPS) is 21.8. The van der Waals surface area contributed by atoms with Gasteiger partial charge in [0.2, 0.25) is 6.08 Å². The predicted octanol–water partition coefficient (Wildman–Crippen LogP) is 1.10. The number of ether oxygens (including phenoxy) is 1. The molecule has 1 heterocycles. The minimum Gasteiger partial charge on any atom is -0.381 e. The summed E-state index contributed by atoms with van der Waals surface area (Å²) < 4.78 is 5.26. The number of hydrogen-bond acceptors (Lipinski definition) is 3. The topological polar surface area (TPSA) is 38.7 Å². The van der Waals surface area contributed by atoms with Gasteiger partial charge in [0.1, 0.15) is 0 Å². The van der Waals surface area contributed by atoms with Crippen LogP contribution in [0.3, 0.4) is 0 Å². The highest BCUT2D eigenvalue weighted by Crippen LogP contribution is 2.15. The lowest BCUT2D eigenvalue weighted by Crippen LogP contribution is -2.16. The second-order valence-electron chi connectivity index (χ2n) is 2.78. The monoisotopic (exact) mass is 165 g/mol. The van der Waals surface area contributed by atoms with E-state index in [0.717, 1.165) is 26.1 Å². The number of aliphatic imine (C=N–C) groups is 1. The van der Waals surface area contributed by atoms with Gasteiger partial charge in [0.05, 0.1) is 6.61 Å². The minimum atomic E-state index is 0.521. The van der Waals surface area contributed by atoms with Gasteiger partial charge in [0.15, 0.2) is 0 Å². The third-order valence-corrected chi connectivity index (χ3v) is 1.83. The summed E-state index contributed by atoms with van der Waals surface area (Å²) >= 11 is 0. The van der Waals surface area contributed by atoms with Crippen molar-refractivity contribution in [3.8, 4) is 12.0 Å². The van der Waals surface area contributed by atoms with Crippen molar-refractivity contribution in [2.24, 2.45) is 10.9 Å². The Balaban J connectivity index is 2.22. The summed E-state index contributed by atoms with van der Waals surface area (Å²) in [6.07, 6.45) is 4.43. The number of rotatable bonds is 1. The highest BCUT2D eigenvalue weighted by Gasteiger charge is 2.11. The zero-order valence-electron chi connectivity index (χ0n) is 6.88. The van der Waals surface area contributed by atoms with Crippen LogP contribution in [-0.2, 0) is 9.53 Å². The molecule has 12 heavy (non-hydrogen) atoms. The van der Waals surface area contributed by atoms with Crippen LogP contribution in [0.1, 0.15) is 19.3 Å². The Morgan fingerprint density at radius 1 is 1.58 bits per heavy atom. The summed E-state index contributed by atoms with van der Waals surface area (Å²) in [4.78, 5) is 12.8. The Bertz CT molecular complexity index is 227. The van der Waals surface area contributed by atoms with Crippen LogP contribution in [0.5, 0.6) is 0 Å². The fourth-order valence-corrected chi connectivity index (χ4v) is 1.22. The van der Waals surface area contributed by atoms with Crippen LogP contribution in [0.15, 0.2) is 4.99 Å². The molecule has 1 aliphatic heterocycles. The van der Waals surface area contributed by atoms with Crippen molar-refractivity contribution >= 4 is 6.08 Å². The average Bonchev–Trinajstić information content (AvgIpc) is 2.14. The molecule has 0 spiro atoms. The maximum absolute atomic E-state index is 9.64. The third kappa shape index (κ3) is 3.34. The lowest BCUT2D eigenvalue weighted by molar-refractivity contribution is 0.0567. The smallest absolute Gasteiger partial charge is 0.249 e. The molecule has 0 aromatic heterocycles. The fraction of sp³-hybridized carbons (Fsp3) is 0.667. The maximum Gasteiger partial charge on any atom is 0.249 e. The first kappa shape index (κ1) is 8.99. The largest absolute Gasteiger partial charge is 0.381 e. The second kappa shape index (κ2) is 5.54. The van der Waals surface area contributed by atoms with E-state index in [1.54, 1.807) is 0 Å². The van der Waals surface area contributed by atoms with Gasteiger partial charge in [-0.1, -0.05) is 5.92 Å². The van der Waals surface area contributed by atoms with Gasteiger partial charge in [-0.3, -0.25) is 0 Å². The first-order valence-corrected chi connectivity index (χ1v) is 4.06. The van der Waals surface area contributed by atoms with Gasteiger partial charge in [-0.2, -0.15) is 0 Å². The molecular weight excluding hydrogens is 154 g/mol. The molecule has 1 rings (SSSR count). The van der Waals surface area contributed by atoms with Crippen molar-refractivity contribution in [2.45, 2.75) is 19.3 Å². The van der Waals surface area contributed by atoms with E-state index in [4.69, 9.17) is 4.74 Å². The standard InChI is InChI=1S/C9H11NO2/c11-8-10-5-1-3-9-4-2-6-12-7-9/h9H,2-4,6-7H2. The summed E-state index contributed by atoms with van der Waals surface area (Å²) in [5, 5.41) is 0. The molecule has 0 aliphatic carbocycles. The maximum atomic E-state index is 9.64. The molecule has 1 saturated heterocycles. The zero-order chi connectivity index (χ0) is 8.65. The van der Waals surface area contributed by atoms with E-state index in [1.165, 1.54) is 12.5 Å². The first-order valence-electron chi connectivity index (χ1n) is 4.06. The average molecular weight is 165 g/mol. The van der Waals surface area contributed by atoms with E-state index in [1.807, 2.05) is 0 Å². The van der Waals surface area contributed by atoms with Crippen LogP contribution in [0.2, 0.25) is 0 Å². The second-order valence-corrected chi connectivity index (χ2v) is 2.78. The summed E-state index contributed by atoms with van der Waals surface area (Å²) in [5.74, 6) is 3.32. The molecule has 0 saturated carbocycles. The minimum absolute atomic E-state index is 0.521. The predicted molar refractivity (Wildman–Crippen MR) is 44.1 cm³/mol. The highest BCUT2D eigenvalue weighted by atomic mass is 16.5. The van der Waals surface area contributed by atoms with E-state index in [9.17, 15) is 4.79 Å². The van der Waals surface area contributed by atoms with Crippen LogP contribution < -0.4 is 0 Å². The zero-order valence-corrected chi connectivity index (χ0v) is 6.88. The summed E-state index contributed by atoms with van der Waals surface area (Å²) in [5.41, 5.74) is 0. The molecule has 0 aromatic rings. The number of hydrogen-bond donors (Lipinski definition) is 0. The van der Waals surface area contributed by atoms with E-state index >= 15 is 0 Å². The number of nitrogens with zero attached hydrogens (tertiary/aromatic N) is 1. The van der Waals surface area contributed by atoms with E-state index in [-0.39, 0.29) is 0 Å². The van der Waals surface area contributed by atoms with Gasteiger partial charge in [-0.15, -0.1) is 4.99 Å². The molecule has 0 bridgehead atoms. The molecule has 1 unspecified atom stereocenters. The van der Waals surface area contributed by atoms with Gasteiger partial charge in [0, 0.05) is 19.1 Å². The van der Waals surface area contributed by atoms with Crippen LogP contribution in [-0.4, -0.2) is 19.3 Å². The molecule has 0 radical (unpaired) electrons. The van der Waals surface area contributed by atoms with Crippen LogP contribution in [0.25, 0.3) is 0 Å². The Morgan fingerprint density at radius 2 is 2.50 bits per heavy atom. The molecular formula is C9H11NO2. The number of isocyanates is 1. The molecule has 0 aromatic carbocycles. The molecule has 1 fully saturated rings. The van der Waals surface area contributed by atoms with Gasteiger partial charge < -0.3 is 4.74 Å². The third-order valence-electron chi connectivity index (χ3n) is 1.83. The van der Waals surface area contributed by atoms with Crippen molar-refractivity contribution in [3.05, 3.63) is 0 Å². The number of carbonyl (C=O) groups excluding carboxylic acids is 1. The Morgan fingerprint density at radius 3 is 3.17 bits per heavy atom. The summed E-state index contributed by atoms with van der Waals surface area (Å²) in [6, 6.07) is 2.38. The van der Waals surface area contributed by atoms with Gasteiger partial charge in [-0.25, -0.2) is 4.79 Å². The van der Waals surface area contributed by atoms with E-state index in [2.05, 4.69) is 17.0 Å². The molecule has 1 atom stereocenters. The molecule has 3 nitrogen and oxygen atoms in total. The molecule has 0 N–H and O–H groups in total. The van der Waals surface area contributed by atoms with Gasteiger partial charge >= 0.3 is 0 Å². The molecule has 1 aliphatic rings. The molecule has 3 heteroatoms. The first-order chi connectivity index (χ1) is 5.93. The van der Waals surface area contributed by atoms with Crippen molar-refractivity contribution in [3.63, 3.8) is 0 Å². The van der Waals surface area contributed by atoms with Crippen molar-refractivity contribution < 1.29 is 9.53 Å². The highest BCUT2D eigenvalue weighted by molar-refractivity contribution is 5.36. The Kier molecular flexibility index (Phi) is 4.15. The fourth-order valence-electron chi connectivity index (χ4n) is 1.22. The SMILES string of the molecule is O=C=NC#CCC1CCCOC1. The molecule has 64 valence electrons. The summed E-state index contributed by atoms with van der Waals surface area (Å²) in [6.45, 7) is 1.66. The van der Waals surface area contributed by atoms with Crippen LogP contribution in [0, 0.1) is 17.9 Å². The van der Waals surface area contributed by atoms with Crippen LogP contribution >= 0.6 is 0 Å². The molecule has 0 amide bonds. The Hall–Kier alpha value is -1.10. The summed E-state index contributed by atoms with van der Waals surface area (Å²) in [7, 11) is 0. The lowest BCUT2D eigenvalue weighted by Gasteiger charge is -2.19. The van der Waals surface area contributed by atoms with Gasteiger partial charge in [-0.05, 0) is 18.8 Å². The van der Waals surface area contributed by atoms with Crippen molar-refractivity contribution in [1.82, 2.24) is 0 Å². The quantitative estimate of drug-likeness (QED) is 0.331. The van der Waals surface area contributed by atoms with Crippen LogP contribution in [0.4, 0.5) is 0 Å². The van der Waals surface area contributed by atoms with Gasteiger partial charge in [0.25, 0.3) is 0 Å².